The predicted molar refractivity (Wildman–Crippen MR) is 65.7 cm³/mol. The molecular weight excluding hydrogens is 216 g/mol. The van der Waals surface area contributed by atoms with Crippen LogP contribution >= 0.6 is 0 Å². The maximum atomic E-state index is 11.7. The molecule has 1 heterocycles. The lowest BCUT2D eigenvalue weighted by Gasteiger charge is -2.23. The van der Waals surface area contributed by atoms with Crippen molar-refractivity contribution in [3.8, 4) is 0 Å². The smallest absolute Gasteiger partial charge is 0.301 e. The first-order chi connectivity index (χ1) is 8.31. The number of nitrogens with one attached hydrogen (secondary N) is 2. The molecule has 0 atom stereocenters. The maximum absolute atomic E-state index is 11.7. The van der Waals surface area contributed by atoms with Crippen LogP contribution in [-0.4, -0.2) is 12.5 Å². The lowest BCUT2D eigenvalue weighted by atomic mass is 9.81. The number of amides is 1. The molecule has 0 bridgehead atoms. The number of hydrazine groups is 1. The number of furan rings is 1. The molecule has 1 aliphatic rings. The van der Waals surface area contributed by atoms with Crippen molar-refractivity contribution in [3.63, 3.8) is 0 Å². The molecule has 94 valence electrons. The summed E-state index contributed by atoms with van der Waals surface area (Å²) in [5.41, 5.74) is 6.69. The highest BCUT2D eigenvalue weighted by molar-refractivity contribution is 5.91. The van der Waals surface area contributed by atoms with E-state index in [4.69, 9.17) is 4.42 Å². The Morgan fingerprint density at radius 1 is 1.53 bits per heavy atom. The van der Waals surface area contributed by atoms with Gasteiger partial charge in [0.15, 0.2) is 5.76 Å². The van der Waals surface area contributed by atoms with Crippen molar-refractivity contribution in [1.29, 1.82) is 0 Å². The van der Waals surface area contributed by atoms with Crippen LogP contribution in [0.15, 0.2) is 16.7 Å². The van der Waals surface area contributed by atoms with Gasteiger partial charge in [-0.2, -0.15) is 0 Å². The normalized spacial score (nSPS) is 15.6. The van der Waals surface area contributed by atoms with Crippen molar-refractivity contribution in [3.05, 3.63) is 23.7 Å². The minimum atomic E-state index is -0.188. The van der Waals surface area contributed by atoms with E-state index in [1.807, 2.05) is 6.07 Å². The van der Waals surface area contributed by atoms with E-state index in [-0.39, 0.29) is 5.91 Å². The molecule has 0 aromatic carbocycles. The summed E-state index contributed by atoms with van der Waals surface area (Å²) in [6.07, 6.45) is 7.59. The summed E-state index contributed by atoms with van der Waals surface area (Å²) in [6, 6.07) is 1.86. The Balaban J connectivity index is 1.80. The number of hydrogen-bond donors (Lipinski definition) is 2. The zero-order valence-electron chi connectivity index (χ0n) is 10.3. The number of rotatable bonds is 6. The largest absolute Gasteiger partial charge is 0.459 e. The molecule has 0 radical (unpaired) electrons. The summed E-state index contributed by atoms with van der Waals surface area (Å²) in [5, 5.41) is 0. The van der Waals surface area contributed by atoms with E-state index < -0.39 is 0 Å². The molecule has 0 unspecified atom stereocenters. The Hall–Kier alpha value is -1.29. The van der Waals surface area contributed by atoms with Gasteiger partial charge in [-0.1, -0.05) is 19.8 Å². The van der Waals surface area contributed by atoms with Crippen LogP contribution in [0, 0.1) is 0 Å². The first-order valence-corrected chi connectivity index (χ1v) is 6.43. The fourth-order valence-electron chi connectivity index (χ4n) is 1.90. The van der Waals surface area contributed by atoms with Gasteiger partial charge in [-0.15, -0.1) is 0 Å². The predicted octanol–water partition coefficient (Wildman–Crippen LogP) is 2.58. The number of carbonyl (C=O) groups is 1. The number of carbonyl (C=O) groups excluding carboxylic acids is 1. The lowest BCUT2D eigenvalue weighted by Crippen LogP contribution is -2.37. The van der Waals surface area contributed by atoms with Crippen molar-refractivity contribution < 1.29 is 9.21 Å². The quantitative estimate of drug-likeness (QED) is 0.589. The lowest BCUT2D eigenvalue weighted by molar-refractivity contribution is 0.0905. The summed E-state index contributed by atoms with van der Waals surface area (Å²) in [6.45, 7) is 2.90. The Morgan fingerprint density at radius 3 is 3.00 bits per heavy atom. The molecule has 17 heavy (non-hydrogen) atoms. The Bertz CT molecular complexity index is 369. The van der Waals surface area contributed by atoms with Crippen molar-refractivity contribution in [1.82, 2.24) is 10.9 Å². The van der Waals surface area contributed by atoms with Gasteiger partial charge in [0.1, 0.15) is 0 Å². The van der Waals surface area contributed by atoms with Crippen LogP contribution in [0.1, 0.15) is 61.1 Å². The fourth-order valence-corrected chi connectivity index (χ4v) is 1.90. The van der Waals surface area contributed by atoms with E-state index in [0.29, 0.717) is 11.7 Å². The second-order valence-corrected chi connectivity index (χ2v) is 4.61. The van der Waals surface area contributed by atoms with Crippen LogP contribution in [0.5, 0.6) is 0 Å². The molecule has 4 heteroatoms. The molecule has 2 N–H and O–H groups in total. The van der Waals surface area contributed by atoms with Crippen LogP contribution in [0.25, 0.3) is 0 Å². The summed E-state index contributed by atoms with van der Waals surface area (Å²) in [4.78, 5) is 11.7. The van der Waals surface area contributed by atoms with Crippen molar-refractivity contribution in [2.75, 3.05) is 6.54 Å². The average Bonchev–Trinajstić information content (AvgIpc) is 2.71. The molecule has 1 fully saturated rings. The van der Waals surface area contributed by atoms with E-state index in [9.17, 15) is 4.79 Å². The number of hydrogen-bond acceptors (Lipinski definition) is 3. The van der Waals surface area contributed by atoms with Crippen molar-refractivity contribution >= 4 is 5.91 Å². The summed E-state index contributed by atoms with van der Waals surface area (Å²) in [7, 11) is 0. The maximum Gasteiger partial charge on any atom is 0.301 e. The molecule has 1 aromatic rings. The third-order valence-corrected chi connectivity index (χ3v) is 3.28. The van der Waals surface area contributed by atoms with Crippen LogP contribution < -0.4 is 10.9 Å². The minimum Gasteiger partial charge on any atom is -0.459 e. The molecule has 2 rings (SSSR count). The first kappa shape index (κ1) is 12.2. The molecule has 0 saturated heterocycles. The van der Waals surface area contributed by atoms with Crippen LogP contribution in [0.2, 0.25) is 0 Å². The number of unbranched alkanes of at least 4 members (excludes halogenated alkanes) is 1. The highest BCUT2D eigenvalue weighted by atomic mass is 16.3. The van der Waals surface area contributed by atoms with Crippen LogP contribution in [-0.2, 0) is 0 Å². The fraction of sp³-hybridized carbons (Fsp3) is 0.615. The van der Waals surface area contributed by atoms with E-state index in [1.165, 1.54) is 19.3 Å². The zero-order valence-corrected chi connectivity index (χ0v) is 10.3. The van der Waals surface area contributed by atoms with E-state index in [2.05, 4.69) is 17.8 Å². The van der Waals surface area contributed by atoms with Crippen molar-refractivity contribution in [2.24, 2.45) is 0 Å². The van der Waals surface area contributed by atoms with Gasteiger partial charge in [-0.3, -0.25) is 10.2 Å². The summed E-state index contributed by atoms with van der Waals surface area (Å²) < 4.78 is 5.29. The molecule has 4 nitrogen and oxygen atoms in total. The van der Waals surface area contributed by atoms with Gasteiger partial charge in [-0.25, -0.2) is 5.43 Å². The molecule has 0 aliphatic heterocycles. The second-order valence-electron chi connectivity index (χ2n) is 4.61. The van der Waals surface area contributed by atoms with Gasteiger partial charge in [-0.05, 0) is 36.8 Å². The molecule has 1 aliphatic carbocycles. The van der Waals surface area contributed by atoms with E-state index in [0.717, 1.165) is 24.9 Å². The van der Waals surface area contributed by atoms with Gasteiger partial charge >= 0.3 is 5.91 Å². The zero-order chi connectivity index (χ0) is 12.1. The third-order valence-electron chi connectivity index (χ3n) is 3.28. The second kappa shape index (κ2) is 5.87. The monoisotopic (exact) mass is 236 g/mol. The van der Waals surface area contributed by atoms with Crippen molar-refractivity contribution in [2.45, 2.75) is 44.9 Å². The molecule has 1 saturated carbocycles. The van der Waals surface area contributed by atoms with Gasteiger partial charge < -0.3 is 4.42 Å². The highest BCUT2D eigenvalue weighted by Gasteiger charge is 2.22. The Labute approximate surface area is 102 Å². The van der Waals surface area contributed by atoms with E-state index >= 15 is 0 Å². The van der Waals surface area contributed by atoms with Crippen LogP contribution in [0.3, 0.4) is 0 Å². The van der Waals surface area contributed by atoms with Gasteiger partial charge in [0.25, 0.3) is 0 Å². The summed E-state index contributed by atoms with van der Waals surface area (Å²) >= 11 is 0. The Morgan fingerprint density at radius 2 is 2.35 bits per heavy atom. The van der Waals surface area contributed by atoms with E-state index in [1.54, 1.807) is 6.26 Å². The molecule has 1 amide bonds. The summed E-state index contributed by atoms with van der Waals surface area (Å²) in [5.74, 6) is 0.816. The molecule has 0 spiro atoms. The van der Waals surface area contributed by atoms with Gasteiger partial charge in [0.05, 0.1) is 6.26 Å². The molecular formula is C13H20N2O2. The van der Waals surface area contributed by atoms with Crippen LogP contribution in [0.4, 0.5) is 0 Å². The molecule has 1 aromatic heterocycles. The average molecular weight is 236 g/mol. The van der Waals surface area contributed by atoms with Gasteiger partial charge in [0, 0.05) is 6.54 Å². The minimum absolute atomic E-state index is 0.188. The SMILES string of the molecule is CCCCNNC(=O)c1cc(C2CCC2)co1. The first-order valence-electron chi connectivity index (χ1n) is 6.43. The standard InChI is InChI=1S/C13H20N2O2/c1-2-3-7-14-15-13(16)12-8-11(9-17-12)10-5-4-6-10/h8-10,14H,2-7H2,1H3,(H,15,16). The highest BCUT2D eigenvalue weighted by Crippen LogP contribution is 2.36. The third kappa shape index (κ3) is 3.09. The van der Waals surface area contributed by atoms with Gasteiger partial charge in [0.2, 0.25) is 0 Å². The Kier molecular flexibility index (Phi) is 4.20. The topological polar surface area (TPSA) is 54.3 Å².